The predicted octanol–water partition coefficient (Wildman–Crippen LogP) is 1.89. The van der Waals surface area contributed by atoms with Crippen LogP contribution in [-0.4, -0.2) is 39.2 Å². The summed E-state index contributed by atoms with van der Waals surface area (Å²) in [5.41, 5.74) is 0.153. The van der Waals surface area contributed by atoms with Crippen LogP contribution in [0.1, 0.15) is 43.6 Å². The molecular formula is C14H22N2O2. The summed E-state index contributed by atoms with van der Waals surface area (Å²) < 4.78 is 2.01. The summed E-state index contributed by atoms with van der Waals surface area (Å²) in [6.45, 7) is 6.10. The fourth-order valence-corrected chi connectivity index (χ4v) is 2.40. The summed E-state index contributed by atoms with van der Waals surface area (Å²) in [7, 11) is 0. The Morgan fingerprint density at radius 1 is 1.44 bits per heavy atom. The van der Waals surface area contributed by atoms with Crippen molar-refractivity contribution in [1.29, 1.82) is 0 Å². The number of carbonyl (C=O) groups excluding carboxylic acids is 1. The molecule has 0 spiro atoms. The molecule has 2 rings (SSSR count). The number of aryl methyl sites for hydroxylation is 1. The fourth-order valence-electron chi connectivity index (χ4n) is 2.40. The van der Waals surface area contributed by atoms with E-state index >= 15 is 0 Å². The van der Waals surface area contributed by atoms with E-state index in [1.807, 2.05) is 34.7 Å². The zero-order valence-corrected chi connectivity index (χ0v) is 11.2. The first-order valence-corrected chi connectivity index (χ1v) is 6.70. The fraction of sp³-hybridized carbons (Fsp3) is 0.643. The molecule has 4 heteroatoms. The van der Waals surface area contributed by atoms with Crippen LogP contribution in [0.25, 0.3) is 0 Å². The Labute approximate surface area is 108 Å². The van der Waals surface area contributed by atoms with Gasteiger partial charge in [0.05, 0.1) is 5.60 Å². The lowest BCUT2D eigenvalue weighted by molar-refractivity contribution is -0.00231. The van der Waals surface area contributed by atoms with Crippen molar-refractivity contribution >= 4 is 5.91 Å². The van der Waals surface area contributed by atoms with Crippen LogP contribution in [0.15, 0.2) is 18.3 Å². The highest BCUT2D eigenvalue weighted by molar-refractivity contribution is 5.92. The number of hydrogen-bond acceptors (Lipinski definition) is 2. The summed E-state index contributed by atoms with van der Waals surface area (Å²) in [5, 5.41) is 9.90. The Hall–Kier alpha value is -1.29. The van der Waals surface area contributed by atoms with Gasteiger partial charge >= 0.3 is 0 Å². The maximum Gasteiger partial charge on any atom is 0.270 e. The molecule has 0 aromatic carbocycles. The molecule has 18 heavy (non-hydrogen) atoms. The first kappa shape index (κ1) is 13.1. The van der Waals surface area contributed by atoms with E-state index in [2.05, 4.69) is 6.92 Å². The third kappa shape index (κ3) is 2.75. The SMILES string of the molecule is CCCn1cccc1C(=O)N1CCC(C)(O)CC1. The van der Waals surface area contributed by atoms with Crippen LogP contribution in [0, 0.1) is 0 Å². The van der Waals surface area contributed by atoms with E-state index in [-0.39, 0.29) is 5.91 Å². The van der Waals surface area contributed by atoms with Gasteiger partial charge in [0, 0.05) is 25.8 Å². The van der Waals surface area contributed by atoms with Crippen LogP contribution >= 0.6 is 0 Å². The van der Waals surface area contributed by atoms with Crippen LogP contribution in [0.2, 0.25) is 0 Å². The lowest BCUT2D eigenvalue weighted by Gasteiger charge is -2.35. The minimum absolute atomic E-state index is 0.0870. The van der Waals surface area contributed by atoms with Crippen molar-refractivity contribution in [3.05, 3.63) is 24.0 Å². The number of rotatable bonds is 3. The van der Waals surface area contributed by atoms with Crippen molar-refractivity contribution in [3.8, 4) is 0 Å². The van der Waals surface area contributed by atoms with Gasteiger partial charge < -0.3 is 14.6 Å². The maximum atomic E-state index is 12.4. The smallest absolute Gasteiger partial charge is 0.270 e. The first-order valence-electron chi connectivity index (χ1n) is 6.70. The molecule has 0 radical (unpaired) electrons. The second kappa shape index (κ2) is 5.14. The quantitative estimate of drug-likeness (QED) is 0.890. The van der Waals surface area contributed by atoms with E-state index in [0.29, 0.717) is 25.9 Å². The summed E-state index contributed by atoms with van der Waals surface area (Å²) in [6.07, 6.45) is 4.29. The van der Waals surface area contributed by atoms with Crippen molar-refractivity contribution in [3.63, 3.8) is 0 Å². The minimum Gasteiger partial charge on any atom is -0.390 e. The molecule has 100 valence electrons. The normalized spacial score (nSPS) is 18.9. The topological polar surface area (TPSA) is 45.5 Å². The number of hydrogen-bond donors (Lipinski definition) is 1. The van der Waals surface area contributed by atoms with Crippen LogP contribution in [0.4, 0.5) is 0 Å². The Balaban J connectivity index is 2.05. The van der Waals surface area contributed by atoms with Gasteiger partial charge in [0.2, 0.25) is 0 Å². The average Bonchev–Trinajstić information content (AvgIpc) is 2.77. The van der Waals surface area contributed by atoms with Gasteiger partial charge in [0.1, 0.15) is 5.69 Å². The van der Waals surface area contributed by atoms with Crippen molar-refractivity contribution < 1.29 is 9.90 Å². The second-order valence-electron chi connectivity index (χ2n) is 5.38. The molecule has 0 atom stereocenters. The van der Waals surface area contributed by atoms with Gasteiger partial charge in [-0.25, -0.2) is 0 Å². The molecule has 0 unspecified atom stereocenters. The molecule has 1 aromatic rings. The molecule has 1 aliphatic rings. The number of aliphatic hydroxyl groups is 1. The predicted molar refractivity (Wildman–Crippen MR) is 70.5 cm³/mol. The first-order chi connectivity index (χ1) is 8.53. The van der Waals surface area contributed by atoms with Crippen molar-refractivity contribution in [1.82, 2.24) is 9.47 Å². The highest BCUT2D eigenvalue weighted by Crippen LogP contribution is 2.22. The molecule has 1 N–H and O–H groups in total. The van der Waals surface area contributed by atoms with Gasteiger partial charge in [-0.3, -0.25) is 4.79 Å². The number of nitrogens with zero attached hydrogens (tertiary/aromatic N) is 2. The highest BCUT2D eigenvalue weighted by Gasteiger charge is 2.30. The van der Waals surface area contributed by atoms with Gasteiger partial charge in [0.25, 0.3) is 5.91 Å². The monoisotopic (exact) mass is 250 g/mol. The largest absolute Gasteiger partial charge is 0.390 e. The van der Waals surface area contributed by atoms with Gasteiger partial charge in [-0.05, 0) is 38.3 Å². The van der Waals surface area contributed by atoms with E-state index in [4.69, 9.17) is 0 Å². The summed E-state index contributed by atoms with van der Waals surface area (Å²) in [4.78, 5) is 14.2. The number of amides is 1. The maximum absolute atomic E-state index is 12.4. The lowest BCUT2D eigenvalue weighted by atomic mass is 9.94. The summed E-state index contributed by atoms with van der Waals surface area (Å²) >= 11 is 0. The molecule has 1 aromatic heterocycles. The lowest BCUT2D eigenvalue weighted by Crippen LogP contribution is -2.45. The Kier molecular flexibility index (Phi) is 3.76. The standard InChI is InChI=1S/C14H22N2O2/c1-3-8-15-9-4-5-12(15)13(17)16-10-6-14(2,18)7-11-16/h4-5,9,18H,3,6-8,10-11H2,1-2H3. The molecule has 1 amide bonds. The van der Waals surface area contributed by atoms with Crippen molar-refractivity contribution in [2.45, 2.75) is 45.3 Å². The summed E-state index contributed by atoms with van der Waals surface area (Å²) in [6, 6.07) is 3.80. The Bertz CT molecular complexity index is 413. The molecule has 0 saturated carbocycles. The van der Waals surface area contributed by atoms with Crippen LogP contribution in [0.3, 0.4) is 0 Å². The molecule has 2 heterocycles. The van der Waals surface area contributed by atoms with E-state index in [9.17, 15) is 9.90 Å². The van der Waals surface area contributed by atoms with E-state index in [1.165, 1.54) is 0 Å². The van der Waals surface area contributed by atoms with E-state index in [0.717, 1.165) is 18.7 Å². The molecule has 1 aliphatic heterocycles. The number of aromatic nitrogens is 1. The van der Waals surface area contributed by atoms with Gasteiger partial charge in [0.15, 0.2) is 0 Å². The molecule has 1 saturated heterocycles. The van der Waals surface area contributed by atoms with Crippen LogP contribution in [-0.2, 0) is 6.54 Å². The van der Waals surface area contributed by atoms with Crippen LogP contribution < -0.4 is 0 Å². The van der Waals surface area contributed by atoms with Gasteiger partial charge in [-0.2, -0.15) is 0 Å². The molecule has 0 aliphatic carbocycles. The number of carbonyl (C=O) groups is 1. The Morgan fingerprint density at radius 2 is 2.11 bits per heavy atom. The van der Waals surface area contributed by atoms with Gasteiger partial charge in [-0.1, -0.05) is 6.92 Å². The number of likely N-dealkylation sites (tertiary alicyclic amines) is 1. The average molecular weight is 250 g/mol. The highest BCUT2D eigenvalue weighted by atomic mass is 16.3. The second-order valence-corrected chi connectivity index (χ2v) is 5.38. The molecular weight excluding hydrogens is 228 g/mol. The minimum atomic E-state index is -0.609. The van der Waals surface area contributed by atoms with E-state index in [1.54, 1.807) is 0 Å². The Morgan fingerprint density at radius 3 is 2.72 bits per heavy atom. The zero-order valence-electron chi connectivity index (χ0n) is 11.2. The van der Waals surface area contributed by atoms with E-state index < -0.39 is 5.60 Å². The molecule has 1 fully saturated rings. The van der Waals surface area contributed by atoms with Gasteiger partial charge in [-0.15, -0.1) is 0 Å². The number of piperidine rings is 1. The third-order valence-corrected chi connectivity index (χ3v) is 3.64. The third-order valence-electron chi connectivity index (χ3n) is 3.64. The van der Waals surface area contributed by atoms with Crippen LogP contribution in [0.5, 0.6) is 0 Å². The van der Waals surface area contributed by atoms with Crippen molar-refractivity contribution in [2.75, 3.05) is 13.1 Å². The molecule has 4 nitrogen and oxygen atoms in total. The zero-order chi connectivity index (χ0) is 13.2. The molecule has 0 bridgehead atoms. The van der Waals surface area contributed by atoms with Crippen molar-refractivity contribution in [2.24, 2.45) is 0 Å². The summed E-state index contributed by atoms with van der Waals surface area (Å²) in [5.74, 6) is 0.0870.